The fraction of sp³-hybridized carbons (Fsp3) is 0.811. The maximum absolute atomic E-state index is 6.72. The molecule has 0 spiro atoms. The second-order valence-corrected chi connectivity index (χ2v) is 20.7. The molecule has 0 aromatic heterocycles. The van der Waals surface area contributed by atoms with Crippen molar-refractivity contribution in [2.75, 3.05) is 26.4 Å². The molecular weight excluding hydrogens is 839 g/mol. The molecule has 1 aromatic rings. The SMILES string of the molecule is CCCCCCCCCCCCCCCCCCN1COC2=C/CCCC(Oc3ccc4c(c3)CN(CCCCCCCCCCCCCCCCCC)[I-]O4)/C=C\2C1. The number of rotatable bonds is 36. The number of ether oxygens (including phenoxy) is 2. The maximum atomic E-state index is 6.72. The molecule has 1 saturated heterocycles. The van der Waals surface area contributed by atoms with Gasteiger partial charge in [-0.05, 0) is 6.42 Å². The van der Waals surface area contributed by atoms with E-state index >= 15 is 0 Å². The van der Waals surface area contributed by atoms with Gasteiger partial charge in [0.2, 0.25) is 0 Å². The molecule has 1 aromatic carbocycles. The van der Waals surface area contributed by atoms with Gasteiger partial charge in [-0.2, -0.15) is 0 Å². The van der Waals surface area contributed by atoms with Crippen LogP contribution in [0.3, 0.4) is 0 Å². The van der Waals surface area contributed by atoms with Gasteiger partial charge in [0.15, 0.2) is 0 Å². The average molecular weight is 932 g/mol. The van der Waals surface area contributed by atoms with Gasteiger partial charge >= 0.3 is 224 Å². The minimum atomic E-state index is -0.391. The van der Waals surface area contributed by atoms with Crippen LogP contribution in [0.5, 0.6) is 11.5 Å². The average Bonchev–Trinajstić information content (AvgIpc) is 3.24. The third-order valence-electron chi connectivity index (χ3n) is 13.0. The van der Waals surface area contributed by atoms with E-state index in [1.807, 2.05) is 0 Å². The van der Waals surface area contributed by atoms with Gasteiger partial charge in [-0.15, -0.1) is 0 Å². The summed E-state index contributed by atoms with van der Waals surface area (Å²) in [7, 11) is 0. The fourth-order valence-electron chi connectivity index (χ4n) is 9.17. The van der Waals surface area contributed by atoms with E-state index in [0.717, 1.165) is 69.4 Å². The van der Waals surface area contributed by atoms with Crippen molar-refractivity contribution in [1.82, 2.24) is 8.01 Å². The van der Waals surface area contributed by atoms with E-state index < -0.39 is 21.9 Å². The van der Waals surface area contributed by atoms with Crippen LogP contribution in [-0.4, -0.2) is 40.5 Å². The molecule has 5 nitrogen and oxygen atoms in total. The molecule has 4 rings (SSSR count). The minimum absolute atomic E-state index is 0.0731. The number of halogens is 1. The Labute approximate surface area is 376 Å². The molecule has 6 heteroatoms. The summed E-state index contributed by atoms with van der Waals surface area (Å²) in [5.41, 5.74) is 2.60. The Balaban J connectivity index is 1.04. The first-order chi connectivity index (χ1) is 29.2. The summed E-state index contributed by atoms with van der Waals surface area (Å²) in [6.07, 6.45) is 53.3. The summed E-state index contributed by atoms with van der Waals surface area (Å²) in [5, 5.41) is 0. The quantitative estimate of drug-likeness (QED) is 0.0380. The summed E-state index contributed by atoms with van der Waals surface area (Å²) in [4.78, 5) is 2.50. The van der Waals surface area contributed by atoms with Crippen molar-refractivity contribution < 1.29 is 34.4 Å². The molecule has 59 heavy (non-hydrogen) atoms. The van der Waals surface area contributed by atoms with Crippen LogP contribution in [0.2, 0.25) is 0 Å². The summed E-state index contributed by atoms with van der Waals surface area (Å²) in [6.45, 7) is 9.59. The van der Waals surface area contributed by atoms with E-state index in [1.165, 1.54) is 217 Å². The first-order valence-electron chi connectivity index (χ1n) is 25.9. The first-order valence-corrected chi connectivity index (χ1v) is 27.7. The molecule has 2 aliphatic heterocycles. The van der Waals surface area contributed by atoms with Gasteiger partial charge in [0, 0.05) is 0 Å². The van der Waals surface area contributed by atoms with Crippen LogP contribution in [0.4, 0.5) is 0 Å². The Morgan fingerprint density at radius 2 is 1.08 bits per heavy atom. The predicted octanol–water partition coefficient (Wildman–Crippen LogP) is 13.4. The molecule has 340 valence electrons. The number of hydrogen-bond acceptors (Lipinski definition) is 5. The van der Waals surface area contributed by atoms with E-state index in [4.69, 9.17) is 12.5 Å². The number of hydrogen-bond donors (Lipinski definition) is 0. The molecule has 1 fully saturated rings. The zero-order valence-corrected chi connectivity index (χ0v) is 40.9. The van der Waals surface area contributed by atoms with Crippen LogP contribution in [0.25, 0.3) is 0 Å². The molecule has 1 unspecified atom stereocenters. The number of nitrogens with zero attached hydrogens (tertiary/aromatic N) is 2. The summed E-state index contributed by atoms with van der Waals surface area (Å²) < 4.78 is 21.9. The van der Waals surface area contributed by atoms with Crippen molar-refractivity contribution in [1.29, 1.82) is 0 Å². The Morgan fingerprint density at radius 1 is 0.593 bits per heavy atom. The van der Waals surface area contributed by atoms with Crippen LogP contribution in [-0.2, 0) is 11.3 Å². The molecule has 1 atom stereocenters. The number of benzene rings is 1. The van der Waals surface area contributed by atoms with E-state index in [2.05, 4.69) is 52.2 Å². The van der Waals surface area contributed by atoms with Crippen molar-refractivity contribution in [2.45, 2.75) is 251 Å². The molecule has 2 heterocycles. The van der Waals surface area contributed by atoms with Gasteiger partial charge in [0.1, 0.15) is 0 Å². The molecule has 0 radical (unpaired) electrons. The summed E-state index contributed by atoms with van der Waals surface area (Å²) >= 11 is -0.391. The van der Waals surface area contributed by atoms with Crippen molar-refractivity contribution in [3.8, 4) is 11.5 Å². The van der Waals surface area contributed by atoms with E-state index in [9.17, 15) is 0 Å². The Morgan fingerprint density at radius 3 is 1.61 bits per heavy atom. The van der Waals surface area contributed by atoms with Gasteiger partial charge in [-0.25, -0.2) is 0 Å². The van der Waals surface area contributed by atoms with Crippen LogP contribution < -0.4 is 29.7 Å². The monoisotopic (exact) mass is 932 g/mol. The normalized spacial score (nSPS) is 19.2. The van der Waals surface area contributed by atoms with Gasteiger partial charge in [-0.3, -0.25) is 0 Å². The standard InChI is InChI=1S/C53H92IN2O3/c1-3-5-7-9-11-13-15-17-19-21-23-25-27-29-31-35-41-55-45-48-43-50(37-33-34-38-52(48)57-47-55)58-51-39-40-53-49(44-51)46-56(54-59-53)42-36-32-30-28-26-24-22-20-18-16-14-12-10-8-6-4-2/h38-40,43-44,50H,3-37,41-42,45-47H2,1-2H3/q-1/b48-43-,52-38+. The van der Waals surface area contributed by atoms with Crippen molar-refractivity contribution in [3.05, 3.63) is 47.2 Å². The van der Waals surface area contributed by atoms with E-state index in [0.29, 0.717) is 0 Å². The molecule has 3 aliphatic rings. The van der Waals surface area contributed by atoms with E-state index in [1.54, 1.807) is 0 Å². The molecular formula is C53H92IN2O3-. The van der Waals surface area contributed by atoms with Gasteiger partial charge in [0.05, 0.1) is 0 Å². The summed E-state index contributed by atoms with van der Waals surface area (Å²) in [5.74, 6) is 3.14. The van der Waals surface area contributed by atoms with Gasteiger partial charge < -0.3 is 0 Å². The Hall–Kier alpha value is -1.25. The fourth-order valence-corrected chi connectivity index (χ4v) is 11.1. The van der Waals surface area contributed by atoms with Crippen LogP contribution in [0, 0.1) is 0 Å². The second-order valence-electron chi connectivity index (χ2n) is 18.5. The van der Waals surface area contributed by atoms with Crippen molar-refractivity contribution in [3.63, 3.8) is 0 Å². The third kappa shape index (κ3) is 23.7. The van der Waals surface area contributed by atoms with Crippen molar-refractivity contribution in [2.24, 2.45) is 0 Å². The number of fused-ring (bicyclic) bond motifs is 2. The molecule has 0 N–H and O–H groups in total. The molecule has 0 amide bonds. The zero-order chi connectivity index (χ0) is 41.3. The van der Waals surface area contributed by atoms with Gasteiger partial charge in [0.25, 0.3) is 0 Å². The second kappa shape index (κ2) is 34.3. The summed E-state index contributed by atoms with van der Waals surface area (Å²) in [6, 6.07) is 6.54. The zero-order valence-electron chi connectivity index (χ0n) is 38.7. The Bertz CT molecular complexity index is 1240. The first kappa shape index (κ1) is 50.4. The topological polar surface area (TPSA) is 34.2 Å². The van der Waals surface area contributed by atoms with Crippen LogP contribution >= 0.6 is 0 Å². The number of unbranched alkanes of at least 4 members (excludes halogenated alkanes) is 30. The Kier molecular flexibility index (Phi) is 29.3. The molecule has 1 aliphatic carbocycles. The van der Waals surface area contributed by atoms with Gasteiger partial charge in [-0.1, -0.05) is 149 Å². The predicted molar refractivity (Wildman–Crippen MR) is 249 cm³/mol. The van der Waals surface area contributed by atoms with Crippen LogP contribution in [0.1, 0.15) is 244 Å². The van der Waals surface area contributed by atoms with E-state index in [-0.39, 0.29) is 6.10 Å². The van der Waals surface area contributed by atoms with Crippen molar-refractivity contribution >= 4 is 0 Å². The molecule has 0 bridgehead atoms. The molecule has 0 saturated carbocycles. The number of allylic oxidation sites excluding steroid dienone is 1. The van der Waals surface area contributed by atoms with Crippen LogP contribution in [0.15, 0.2) is 41.7 Å². The third-order valence-corrected chi connectivity index (χ3v) is 15.0.